The van der Waals surface area contributed by atoms with Crippen LogP contribution in [0.5, 0.6) is 0 Å². The Morgan fingerprint density at radius 2 is 1.75 bits per heavy atom. The minimum atomic E-state index is 0.417. The molecule has 1 saturated carbocycles. The zero-order chi connectivity index (χ0) is 22.1. The fraction of sp³-hybridized carbons (Fsp3) is 0.385. The second-order valence-corrected chi connectivity index (χ2v) is 9.22. The lowest BCUT2D eigenvalue weighted by Gasteiger charge is -2.30. The Kier molecular flexibility index (Phi) is 5.70. The van der Waals surface area contributed by atoms with Gasteiger partial charge in [0.15, 0.2) is 0 Å². The predicted octanol–water partition coefficient (Wildman–Crippen LogP) is 5.00. The molecule has 0 aliphatic heterocycles. The molecule has 0 bridgehead atoms. The summed E-state index contributed by atoms with van der Waals surface area (Å²) in [7, 11) is 4.06. The highest BCUT2D eigenvalue weighted by molar-refractivity contribution is 5.90. The van der Waals surface area contributed by atoms with Crippen molar-refractivity contribution in [3.63, 3.8) is 0 Å². The molecular formula is C26H32N6. The molecule has 0 radical (unpaired) electrons. The van der Waals surface area contributed by atoms with Gasteiger partial charge in [-0.05, 0) is 61.9 Å². The molecule has 0 spiro atoms. The molecule has 4 aromatic rings. The molecule has 6 heteroatoms. The Balaban J connectivity index is 1.19. The molecule has 6 nitrogen and oxygen atoms in total. The molecule has 166 valence electrons. The van der Waals surface area contributed by atoms with Gasteiger partial charge in [-0.25, -0.2) is 4.98 Å². The Hall–Kier alpha value is -3.12. The van der Waals surface area contributed by atoms with Gasteiger partial charge >= 0.3 is 0 Å². The summed E-state index contributed by atoms with van der Waals surface area (Å²) in [5.74, 6) is 1.69. The van der Waals surface area contributed by atoms with Crippen molar-refractivity contribution in [1.29, 1.82) is 0 Å². The Labute approximate surface area is 189 Å². The average molecular weight is 429 g/mol. The first kappa shape index (κ1) is 20.8. The van der Waals surface area contributed by atoms with Crippen LogP contribution in [0.2, 0.25) is 0 Å². The van der Waals surface area contributed by atoms with Gasteiger partial charge in [0.2, 0.25) is 5.95 Å². The van der Waals surface area contributed by atoms with Crippen LogP contribution in [0.25, 0.3) is 21.8 Å². The van der Waals surface area contributed by atoms with E-state index in [1.165, 1.54) is 22.0 Å². The van der Waals surface area contributed by atoms with Crippen molar-refractivity contribution in [3.05, 3.63) is 59.8 Å². The van der Waals surface area contributed by atoms with Crippen LogP contribution < -0.4 is 15.5 Å². The highest BCUT2D eigenvalue weighted by Crippen LogP contribution is 2.27. The smallest absolute Gasteiger partial charge is 0.225 e. The number of aromatic amines is 1. The topological polar surface area (TPSA) is 68.9 Å². The number of nitrogens with one attached hydrogen (secondary N) is 3. The first-order valence-corrected chi connectivity index (χ1v) is 11.6. The summed E-state index contributed by atoms with van der Waals surface area (Å²) in [6.07, 6.45) is 6.71. The Morgan fingerprint density at radius 1 is 0.969 bits per heavy atom. The first-order chi connectivity index (χ1) is 15.6. The van der Waals surface area contributed by atoms with Crippen LogP contribution in [0.4, 0.5) is 11.8 Å². The molecular weight excluding hydrogens is 396 g/mol. The summed E-state index contributed by atoms with van der Waals surface area (Å²) < 4.78 is 0. The summed E-state index contributed by atoms with van der Waals surface area (Å²) in [5, 5.41) is 9.79. The van der Waals surface area contributed by atoms with E-state index >= 15 is 0 Å². The molecule has 1 fully saturated rings. The lowest BCUT2D eigenvalue weighted by Crippen LogP contribution is -2.36. The van der Waals surface area contributed by atoms with E-state index in [1.807, 2.05) is 26.2 Å². The molecule has 1 aliphatic carbocycles. The highest BCUT2D eigenvalue weighted by atomic mass is 15.2. The summed E-state index contributed by atoms with van der Waals surface area (Å²) >= 11 is 0. The third-order valence-corrected chi connectivity index (χ3v) is 6.57. The average Bonchev–Trinajstić information content (AvgIpc) is 3.20. The SMILES string of the molecule is Cc1ccc2c(CN[C@H]3CC[C@@H](Nc4nc(N(C)C)c5ccccc5n4)CC3)c[nH]c2c1. The second kappa shape index (κ2) is 8.79. The van der Waals surface area contributed by atoms with Gasteiger partial charge in [0.05, 0.1) is 5.52 Å². The van der Waals surface area contributed by atoms with Crippen molar-refractivity contribution < 1.29 is 0 Å². The van der Waals surface area contributed by atoms with E-state index in [9.17, 15) is 0 Å². The molecule has 1 aliphatic rings. The monoisotopic (exact) mass is 428 g/mol. The summed E-state index contributed by atoms with van der Waals surface area (Å²) in [6.45, 7) is 3.04. The van der Waals surface area contributed by atoms with Crippen LogP contribution in [0, 0.1) is 6.92 Å². The fourth-order valence-corrected chi connectivity index (χ4v) is 4.79. The number of nitrogens with zero attached hydrogens (tertiary/aromatic N) is 3. The molecule has 0 atom stereocenters. The number of benzene rings is 2. The zero-order valence-corrected chi connectivity index (χ0v) is 19.2. The normalized spacial score (nSPS) is 18.8. The van der Waals surface area contributed by atoms with Gasteiger partial charge in [0.25, 0.3) is 0 Å². The number of fused-ring (bicyclic) bond motifs is 2. The van der Waals surface area contributed by atoms with Crippen LogP contribution in [0.15, 0.2) is 48.7 Å². The van der Waals surface area contributed by atoms with Crippen LogP contribution in [-0.4, -0.2) is 41.1 Å². The van der Waals surface area contributed by atoms with Crippen molar-refractivity contribution in [2.45, 2.75) is 51.2 Å². The highest BCUT2D eigenvalue weighted by Gasteiger charge is 2.22. The van der Waals surface area contributed by atoms with Crippen LogP contribution in [0.3, 0.4) is 0 Å². The maximum atomic E-state index is 4.80. The van der Waals surface area contributed by atoms with Crippen LogP contribution >= 0.6 is 0 Å². The lowest BCUT2D eigenvalue weighted by molar-refractivity contribution is 0.352. The third kappa shape index (κ3) is 4.28. The van der Waals surface area contributed by atoms with E-state index in [1.54, 1.807) is 0 Å². The number of rotatable bonds is 6. The van der Waals surface area contributed by atoms with E-state index in [-0.39, 0.29) is 0 Å². The van der Waals surface area contributed by atoms with Crippen molar-refractivity contribution >= 4 is 33.6 Å². The predicted molar refractivity (Wildman–Crippen MR) is 133 cm³/mol. The molecule has 0 saturated heterocycles. The van der Waals surface area contributed by atoms with E-state index < -0.39 is 0 Å². The number of para-hydroxylation sites is 1. The van der Waals surface area contributed by atoms with Gasteiger partial charge in [0.1, 0.15) is 5.82 Å². The van der Waals surface area contributed by atoms with Gasteiger partial charge in [-0.3, -0.25) is 0 Å². The Bertz CT molecular complexity index is 1220. The minimum absolute atomic E-state index is 0.417. The maximum absolute atomic E-state index is 4.80. The number of aromatic nitrogens is 3. The quantitative estimate of drug-likeness (QED) is 0.403. The molecule has 2 aromatic carbocycles. The van der Waals surface area contributed by atoms with E-state index in [4.69, 9.17) is 9.97 Å². The van der Waals surface area contributed by atoms with Gasteiger partial charge < -0.3 is 20.5 Å². The van der Waals surface area contributed by atoms with E-state index in [0.717, 1.165) is 54.9 Å². The Morgan fingerprint density at radius 3 is 2.56 bits per heavy atom. The van der Waals surface area contributed by atoms with Crippen molar-refractivity contribution in [1.82, 2.24) is 20.3 Å². The summed E-state index contributed by atoms with van der Waals surface area (Å²) in [4.78, 5) is 15.0. The van der Waals surface area contributed by atoms with E-state index in [2.05, 4.69) is 64.0 Å². The molecule has 0 unspecified atom stereocenters. The third-order valence-electron chi connectivity index (χ3n) is 6.57. The number of aryl methyl sites for hydroxylation is 1. The molecule has 32 heavy (non-hydrogen) atoms. The van der Waals surface area contributed by atoms with Gasteiger partial charge in [-0.1, -0.05) is 24.3 Å². The molecule has 5 rings (SSSR count). The van der Waals surface area contributed by atoms with Crippen molar-refractivity contribution in [2.75, 3.05) is 24.3 Å². The maximum Gasteiger partial charge on any atom is 0.225 e. The van der Waals surface area contributed by atoms with Gasteiger partial charge in [-0.15, -0.1) is 0 Å². The first-order valence-electron chi connectivity index (χ1n) is 11.6. The standard InChI is InChI=1S/C26H32N6/c1-17-8-13-21-18(16-28-24(21)14-17)15-27-19-9-11-20(12-10-19)29-26-30-23-7-5-4-6-22(23)25(31-26)32(2)3/h4-8,13-14,16,19-20,27-28H,9-12,15H2,1-3H3,(H,29,30,31)/t19-,20+. The largest absolute Gasteiger partial charge is 0.362 e. The van der Waals surface area contributed by atoms with Crippen LogP contribution in [-0.2, 0) is 6.54 Å². The molecule has 0 amide bonds. The van der Waals surface area contributed by atoms with Crippen molar-refractivity contribution in [2.24, 2.45) is 0 Å². The summed E-state index contributed by atoms with van der Waals surface area (Å²) in [5.41, 5.74) is 4.85. The number of hydrogen-bond donors (Lipinski definition) is 3. The fourth-order valence-electron chi connectivity index (χ4n) is 4.79. The van der Waals surface area contributed by atoms with Crippen molar-refractivity contribution in [3.8, 4) is 0 Å². The van der Waals surface area contributed by atoms with Crippen LogP contribution in [0.1, 0.15) is 36.8 Å². The van der Waals surface area contributed by atoms with Gasteiger partial charge in [-0.2, -0.15) is 4.98 Å². The molecule has 2 heterocycles. The van der Waals surface area contributed by atoms with Gasteiger partial charge in [0, 0.05) is 55.2 Å². The second-order valence-electron chi connectivity index (χ2n) is 9.22. The number of hydrogen-bond acceptors (Lipinski definition) is 5. The zero-order valence-electron chi connectivity index (χ0n) is 19.2. The minimum Gasteiger partial charge on any atom is -0.362 e. The summed E-state index contributed by atoms with van der Waals surface area (Å²) in [6, 6.07) is 15.8. The molecule has 3 N–H and O–H groups in total. The lowest BCUT2D eigenvalue weighted by atomic mass is 9.91. The van der Waals surface area contributed by atoms with E-state index in [0.29, 0.717) is 12.1 Å². The number of H-pyrrole nitrogens is 1. The number of anilines is 2. The molecule has 2 aromatic heterocycles.